The highest BCUT2D eigenvalue weighted by Crippen LogP contribution is 2.25. The summed E-state index contributed by atoms with van der Waals surface area (Å²) >= 11 is 0.795. The molecule has 0 radical (unpaired) electrons. The molecule has 0 atom stereocenters. The van der Waals surface area contributed by atoms with Crippen LogP contribution in [0.3, 0.4) is 0 Å². The zero-order chi connectivity index (χ0) is 11.0. The van der Waals surface area contributed by atoms with Gasteiger partial charge in [-0.2, -0.15) is 0 Å². The van der Waals surface area contributed by atoms with E-state index in [1.54, 1.807) is 0 Å². The van der Waals surface area contributed by atoms with Crippen LogP contribution in [-0.2, 0) is 19.7 Å². The summed E-state index contributed by atoms with van der Waals surface area (Å²) in [6.07, 6.45) is 1.06. The molecule has 80 valence electrons. The van der Waals surface area contributed by atoms with Gasteiger partial charge in [0.2, 0.25) is 0 Å². The predicted octanol–water partition coefficient (Wildman–Crippen LogP) is 0.945. The molecule has 1 aromatic heterocycles. The quantitative estimate of drug-likeness (QED) is 0.805. The highest BCUT2D eigenvalue weighted by Gasteiger charge is 2.18. The van der Waals surface area contributed by atoms with Crippen LogP contribution in [0.5, 0.6) is 0 Å². The zero-order valence-corrected chi connectivity index (χ0v) is 10.2. The molecule has 0 saturated heterocycles. The molecular weight excluding hydrogens is 244 g/mol. The van der Waals surface area contributed by atoms with Gasteiger partial charge >= 0.3 is 0 Å². The summed E-state index contributed by atoms with van der Waals surface area (Å²) in [6.45, 7) is 1.52. The van der Waals surface area contributed by atoms with Crippen LogP contribution >= 0.6 is 11.3 Å². The van der Waals surface area contributed by atoms with Crippen LogP contribution in [0.2, 0.25) is 0 Å². The van der Waals surface area contributed by atoms with Gasteiger partial charge in [0.25, 0.3) is 0 Å². The highest BCUT2D eigenvalue weighted by atomic mass is 32.3. The molecular formula is C7H10O4S3. The Hall–Kier alpha value is -0.400. The van der Waals surface area contributed by atoms with Gasteiger partial charge in [0, 0.05) is 6.26 Å². The first-order chi connectivity index (χ1) is 6.27. The molecule has 14 heavy (non-hydrogen) atoms. The van der Waals surface area contributed by atoms with Gasteiger partial charge in [-0.3, -0.25) is 0 Å². The van der Waals surface area contributed by atoms with Crippen molar-refractivity contribution in [2.75, 3.05) is 12.0 Å². The number of hydrogen-bond acceptors (Lipinski definition) is 5. The maximum atomic E-state index is 11.4. The third-order valence-electron chi connectivity index (χ3n) is 1.61. The van der Waals surface area contributed by atoms with E-state index < -0.39 is 19.7 Å². The van der Waals surface area contributed by atoms with E-state index in [0.717, 1.165) is 17.6 Å². The van der Waals surface area contributed by atoms with Gasteiger partial charge < -0.3 is 0 Å². The Labute approximate surface area is 87.4 Å². The Morgan fingerprint density at radius 1 is 1.14 bits per heavy atom. The van der Waals surface area contributed by atoms with Crippen molar-refractivity contribution < 1.29 is 16.8 Å². The molecule has 0 aromatic carbocycles. The van der Waals surface area contributed by atoms with Crippen LogP contribution in [0.4, 0.5) is 0 Å². The summed E-state index contributed by atoms with van der Waals surface area (Å²) in [5.74, 6) is -0.0171. The van der Waals surface area contributed by atoms with Crippen molar-refractivity contribution in [3.63, 3.8) is 0 Å². The topological polar surface area (TPSA) is 68.3 Å². The molecule has 4 nitrogen and oxygen atoms in total. The summed E-state index contributed by atoms with van der Waals surface area (Å²) in [4.78, 5) is 0. The third kappa shape index (κ3) is 2.34. The summed E-state index contributed by atoms with van der Waals surface area (Å²) < 4.78 is 45.1. The van der Waals surface area contributed by atoms with E-state index in [2.05, 4.69) is 0 Å². The lowest BCUT2D eigenvalue weighted by atomic mass is 10.7. The lowest BCUT2D eigenvalue weighted by Gasteiger charge is -1.94. The van der Waals surface area contributed by atoms with Gasteiger partial charge in [-0.25, -0.2) is 16.8 Å². The van der Waals surface area contributed by atoms with Crippen molar-refractivity contribution >= 4 is 31.0 Å². The van der Waals surface area contributed by atoms with E-state index in [1.165, 1.54) is 19.1 Å². The van der Waals surface area contributed by atoms with Crippen LogP contribution in [-0.4, -0.2) is 28.8 Å². The molecule has 0 aliphatic carbocycles. The zero-order valence-electron chi connectivity index (χ0n) is 7.72. The van der Waals surface area contributed by atoms with Gasteiger partial charge in [-0.05, 0) is 12.1 Å². The molecule has 0 fully saturated rings. The van der Waals surface area contributed by atoms with Crippen molar-refractivity contribution in [2.45, 2.75) is 15.3 Å². The minimum absolute atomic E-state index is 0.0171. The van der Waals surface area contributed by atoms with Crippen molar-refractivity contribution in [2.24, 2.45) is 0 Å². The number of sulfone groups is 2. The van der Waals surface area contributed by atoms with Gasteiger partial charge in [0.15, 0.2) is 19.7 Å². The van der Waals surface area contributed by atoms with E-state index in [9.17, 15) is 16.8 Å². The third-order valence-corrected chi connectivity index (χ3v) is 6.83. The monoisotopic (exact) mass is 254 g/mol. The molecule has 1 heterocycles. The molecule has 0 amide bonds. The van der Waals surface area contributed by atoms with Gasteiger partial charge in [0.1, 0.15) is 8.42 Å². The number of rotatable bonds is 3. The molecule has 1 aromatic rings. The minimum Gasteiger partial charge on any atom is -0.223 e. The van der Waals surface area contributed by atoms with Crippen LogP contribution in [0.15, 0.2) is 20.6 Å². The summed E-state index contributed by atoms with van der Waals surface area (Å²) in [6, 6.07) is 2.66. The second kappa shape index (κ2) is 3.63. The normalized spacial score (nSPS) is 13.0. The van der Waals surface area contributed by atoms with Crippen LogP contribution < -0.4 is 0 Å². The smallest absolute Gasteiger partial charge is 0.187 e. The fourth-order valence-corrected chi connectivity index (χ4v) is 4.32. The first-order valence-electron chi connectivity index (χ1n) is 3.80. The van der Waals surface area contributed by atoms with E-state index in [4.69, 9.17) is 0 Å². The molecule has 0 aliphatic rings. The lowest BCUT2D eigenvalue weighted by molar-refractivity contribution is 0.599. The first kappa shape index (κ1) is 11.7. The Bertz CT molecular complexity index is 521. The average molecular weight is 254 g/mol. The van der Waals surface area contributed by atoms with Crippen molar-refractivity contribution in [1.29, 1.82) is 0 Å². The highest BCUT2D eigenvalue weighted by molar-refractivity contribution is 7.95. The predicted molar refractivity (Wildman–Crippen MR) is 55.2 cm³/mol. The Kier molecular flexibility index (Phi) is 3.03. The maximum absolute atomic E-state index is 11.4. The van der Waals surface area contributed by atoms with Gasteiger partial charge in [0.05, 0.1) is 5.75 Å². The summed E-state index contributed by atoms with van der Waals surface area (Å²) in [7, 11) is -6.58. The van der Waals surface area contributed by atoms with Crippen molar-refractivity contribution in [1.82, 2.24) is 0 Å². The largest absolute Gasteiger partial charge is 0.223 e. The molecule has 0 unspecified atom stereocenters. The summed E-state index contributed by atoms with van der Waals surface area (Å²) in [5, 5.41) is 0. The van der Waals surface area contributed by atoms with E-state index in [-0.39, 0.29) is 14.2 Å². The maximum Gasteiger partial charge on any atom is 0.187 e. The summed E-state index contributed by atoms with van der Waals surface area (Å²) in [5.41, 5.74) is 0. The average Bonchev–Trinajstić information content (AvgIpc) is 2.51. The van der Waals surface area contributed by atoms with E-state index >= 15 is 0 Å². The van der Waals surface area contributed by atoms with E-state index in [1.807, 2.05) is 0 Å². The fraction of sp³-hybridized carbons (Fsp3) is 0.429. The second-order valence-electron chi connectivity index (χ2n) is 2.75. The molecule has 0 spiro atoms. The van der Waals surface area contributed by atoms with Crippen LogP contribution in [0, 0.1) is 0 Å². The second-order valence-corrected chi connectivity index (χ2v) is 8.58. The Morgan fingerprint density at radius 3 is 2.00 bits per heavy atom. The molecule has 0 N–H and O–H groups in total. The van der Waals surface area contributed by atoms with Crippen molar-refractivity contribution in [3.05, 3.63) is 12.1 Å². The SMILES string of the molecule is CCS(=O)(=O)c1ccc(S(C)(=O)=O)s1. The Morgan fingerprint density at radius 2 is 1.64 bits per heavy atom. The first-order valence-corrected chi connectivity index (χ1v) is 8.16. The molecule has 7 heteroatoms. The van der Waals surface area contributed by atoms with Crippen LogP contribution in [0.1, 0.15) is 6.92 Å². The van der Waals surface area contributed by atoms with Gasteiger partial charge in [-0.15, -0.1) is 11.3 Å². The van der Waals surface area contributed by atoms with Crippen molar-refractivity contribution in [3.8, 4) is 0 Å². The standard InChI is InChI=1S/C7H10O4S3/c1-3-14(10,11)7-5-4-6(12-7)13(2,8)9/h4-5H,3H2,1-2H3. The fourth-order valence-electron chi connectivity index (χ4n) is 0.812. The molecule has 1 rings (SSSR count). The molecule has 0 aliphatic heterocycles. The number of hydrogen-bond donors (Lipinski definition) is 0. The number of thiophene rings is 1. The minimum atomic E-state index is -3.30. The molecule has 0 bridgehead atoms. The van der Waals surface area contributed by atoms with E-state index in [0.29, 0.717) is 0 Å². The van der Waals surface area contributed by atoms with Crippen LogP contribution in [0.25, 0.3) is 0 Å². The van der Waals surface area contributed by atoms with Gasteiger partial charge in [-0.1, -0.05) is 6.92 Å². The Balaban J connectivity index is 3.27. The lowest BCUT2D eigenvalue weighted by Crippen LogP contribution is -2.00. The molecule has 0 saturated carbocycles.